The number of anilines is 3. The molecule has 1 aromatic heterocycles. The molecule has 0 atom stereocenters. The molecule has 10 aromatic carbocycles. The molecule has 3 nitrogen and oxygen atoms in total. The van der Waals surface area contributed by atoms with Crippen molar-refractivity contribution in [3.05, 3.63) is 247 Å². The lowest BCUT2D eigenvalue weighted by molar-refractivity contribution is 0.436. The minimum Gasteiger partial charge on any atom is -0.457 e. The number of fused-ring (bicyclic) bond motifs is 14. The Kier molecular flexibility index (Phi) is 7.52. The maximum atomic E-state index is 6.57. The van der Waals surface area contributed by atoms with Crippen LogP contribution in [0.5, 0.6) is 11.5 Å². The SMILES string of the molecule is c1ccc(-c2ccccc2N(c2ccc(-c3ccc4c(c3)-c3ccccc3C43c4ccccc4Oc4ccccc43)cc2)c2ccc3oc4c5ccccc5ccc4c3c2)cc1. The van der Waals surface area contributed by atoms with Crippen LogP contribution in [0, 0.1) is 0 Å². The summed E-state index contributed by atoms with van der Waals surface area (Å²) in [7, 11) is 0. The Hall–Kier alpha value is -8.14. The van der Waals surface area contributed by atoms with Gasteiger partial charge < -0.3 is 14.1 Å². The highest BCUT2D eigenvalue weighted by Crippen LogP contribution is 2.62. The van der Waals surface area contributed by atoms with E-state index in [1.54, 1.807) is 0 Å². The van der Waals surface area contributed by atoms with Gasteiger partial charge in [0.05, 0.1) is 11.1 Å². The van der Waals surface area contributed by atoms with Gasteiger partial charge in [-0.15, -0.1) is 0 Å². The van der Waals surface area contributed by atoms with Gasteiger partial charge in [0.2, 0.25) is 0 Å². The summed E-state index contributed by atoms with van der Waals surface area (Å²) in [4.78, 5) is 2.38. The van der Waals surface area contributed by atoms with E-state index in [0.717, 1.165) is 72.6 Å². The topological polar surface area (TPSA) is 25.6 Å². The van der Waals surface area contributed by atoms with E-state index in [0.29, 0.717) is 0 Å². The molecule has 62 heavy (non-hydrogen) atoms. The number of ether oxygens (including phenoxy) is 1. The third-order valence-corrected chi connectivity index (χ3v) is 13.1. The highest BCUT2D eigenvalue weighted by Gasteiger charge is 2.50. The Morgan fingerprint density at radius 1 is 0.355 bits per heavy atom. The quantitative estimate of drug-likeness (QED) is 0.174. The van der Waals surface area contributed by atoms with Crippen LogP contribution in [0.2, 0.25) is 0 Å². The first-order valence-corrected chi connectivity index (χ1v) is 21.2. The standard InChI is InChI=1S/C59H37NO2/c1-2-14-39(15-3-1)44-17-7-11-23-54(44)60(43-32-35-55-49(37-43)47-33-28-40-16-4-5-18-45(40)58(47)62-55)42-30-26-38(27-31-42)41-29-34-51-48(36-41)46-19-6-8-20-50(46)59(51)52-21-9-12-24-56(52)61-57-25-13-10-22-53(57)59/h1-37H. The van der Waals surface area contributed by atoms with Gasteiger partial charge in [0.25, 0.3) is 0 Å². The van der Waals surface area contributed by atoms with Crippen LogP contribution >= 0.6 is 0 Å². The molecular formula is C59H37NO2. The van der Waals surface area contributed by atoms with E-state index in [1.807, 2.05) is 0 Å². The summed E-state index contributed by atoms with van der Waals surface area (Å²) in [6, 6.07) is 80.8. The molecule has 0 saturated heterocycles. The lowest BCUT2D eigenvalue weighted by Gasteiger charge is -2.39. The molecule has 0 N–H and O–H groups in total. The van der Waals surface area contributed by atoms with Crippen molar-refractivity contribution in [2.45, 2.75) is 5.41 Å². The van der Waals surface area contributed by atoms with Gasteiger partial charge in [0.15, 0.2) is 0 Å². The molecule has 0 bridgehead atoms. The number of benzene rings is 10. The van der Waals surface area contributed by atoms with Gasteiger partial charge in [-0.3, -0.25) is 0 Å². The molecule has 11 aromatic rings. The summed E-state index contributed by atoms with van der Waals surface area (Å²) in [6.07, 6.45) is 0. The maximum Gasteiger partial charge on any atom is 0.143 e. The van der Waals surface area contributed by atoms with Crippen LogP contribution in [0.3, 0.4) is 0 Å². The van der Waals surface area contributed by atoms with Crippen LogP contribution in [0.15, 0.2) is 229 Å². The Bertz CT molecular complexity index is 3520. The molecule has 290 valence electrons. The normalized spacial score (nSPS) is 13.1. The van der Waals surface area contributed by atoms with Crippen molar-refractivity contribution >= 4 is 49.8 Å². The number of hydrogen-bond donors (Lipinski definition) is 0. The summed E-state index contributed by atoms with van der Waals surface area (Å²) in [5, 5.41) is 4.49. The first kappa shape index (κ1) is 34.7. The number of hydrogen-bond acceptors (Lipinski definition) is 3. The Balaban J connectivity index is 0.960. The number of nitrogens with zero attached hydrogens (tertiary/aromatic N) is 1. The van der Waals surface area contributed by atoms with Gasteiger partial charge in [0.1, 0.15) is 22.7 Å². The van der Waals surface area contributed by atoms with E-state index in [9.17, 15) is 0 Å². The highest BCUT2D eigenvalue weighted by atomic mass is 16.5. The smallest absolute Gasteiger partial charge is 0.143 e. The van der Waals surface area contributed by atoms with Crippen LogP contribution in [-0.2, 0) is 5.41 Å². The molecule has 0 fully saturated rings. The van der Waals surface area contributed by atoms with E-state index in [2.05, 4.69) is 229 Å². The maximum absolute atomic E-state index is 6.57. The summed E-state index contributed by atoms with van der Waals surface area (Å²) >= 11 is 0. The summed E-state index contributed by atoms with van der Waals surface area (Å²) in [5.41, 5.74) is 16.6. The second-order valence-electron chi connectivity index (χ2n) is 16.4. The molecule has 0 amide bonds. The summed E-state index contributed by atoms with van der Waals surface area (Å²) in [5.74, 6) is 1.81. The zero-order chi connectivity index (χ0) is 40.8. The lowest BCUT2D eigenvalue weighted by Crippen LogP contribution is -2.32. The van der Waals surface area contributed by atoms with Crippen molar-refractivity contribution in [1.82, 2.24) is 0 Å². The zero-order valence-electron chi connectivity index (χ0n) is 33.6. The van der Waals surface area contributed by atoms with Crippen molar-refractivity contribution in [2.24, 2.45) is 0 Å². The minimum absolute atomic E-state index is 0.485. The fraction of sp³-hybridized carbons (Fsp3) is 0.0169. The average Bonchev–Trinajstić information content (AvgIpc) is 3.86. The summed E-state index contributed by atoms with van der Waals surface area (Å²) < 4.78 is 13.1. The van der Waals surface area contributed by atoms with Gasteiger partial charge >= 0.3 is 0 Å². The van der Waals surface area contributed by atoms with Gasteiger partial charge in [-0.1, -0.05) is 164 Å². The van der Waals surface area contributed by atoms with Gasteiger partial charge in [-0.05, 0) is 105 Å². The molecule has 0 unspecified atom stereocenters. The lowest BCUT2D eigenvalue weighted by atomic mass is 9.66. The van der Waals surface area contributed by atoms with Crippen molar-refractivity contribution in [2.75, 3.05) is 4.90 Å². The van der Waals surface area contributed by atoms with Crippen LogP contribution in [0.25, 0.3) is 66.1 Å². The number of rotatable bonds is 5. The molecule has 2 aliphatic rings. The monoisotopic (exact) mass is 791 g/mol. The third kappa shape index (κ3) is 5.00. The molecule has 1 aliphatic carbocycles. The number of para-hydroxylation sites is 3. The molecule has 13 rings (SSSR count). The van der Waals surface area contributed by atoms with Crippen molar-refractivity contribution in [3.63, 3.8) is 0 Å². The van der Waals surface area contributed by atoms with E-state index in [-0.39, 0.29) is 0 Å². The van der Waals surface area contributed by atoms with E-state index in [4.69, 9.17) is 9.15 Å². The zero-order valence-corrected chi connectivity index (χ0v) is 33.6. The molecule has 3 heteroatoms. The molecule has 1 spiro atoms. The fourth-order valence-electron chi connectivity index (χ4n) is 10.4. The second-order valence-corrected chi connectivity index (χ2v) is 16.4. The van der Waals surface area contributed by atoms with E-state index < -0.39 is 5.41 Å². The Labute approximate surface area is 359 Å². The third-order valence-electron chi connectivity index (χ3n) is 13.1. The molecule has 0 radical (unpaired) electrons. The van der Waals surface area contributed by atoms with Crippen LogP contribution in [-0.4, -0.2) is 0 Å². The van der Waals surface area contributed by atoms with Gasteiger partial charge in [-0.25, -0.2) is 0 Å². The highest BCUT2D eigenvalue weighted by molar-refractivity contribution is 6.15. The predicted octanol–water partition coefficient (Wildman–Crippen LogP) is 16.0. The Morgan fingerprint density at radius 3 is 1.79 bits per heavy atom. The number of furan rings is 1. The fourth-order valence-corrected chi connectivity index (χ4v) is 10.4. The first-order chi connectivity index (χ1) is 30.7. The van der Waals surface area contributed by atoms with E-state index in [1.165, 1.54) is 44.3 Å². The molecule has 2 heterocycles. The predicted molar refractivity (Wildman–Crippen MR) is 254 cm³/mol. The minimum atomic E-state index is -0.485. The molecular weight excluding hydrogens is 755 g/mol. The molecule has 1 aliphatic heterocycles. The molecule has 0 saturated carbocycles. The average molecular weight is 792 g/mol. The van der Waals surface area contributed by atoms with Gasteiger partial charge in [-0.2, -0.15) is 0 Å². The largest absolute Gasteiger partial charge is 0.457 e. The van der Waals surface area contributed by atoms with Crippen LogP contribution < -0.4 is 9.64 Å². The van der Waals surface area contributed by atoms with Crippen molar-refractivity contribution < 1.29 is 9.15 Å². The Morgan fingerprint density at radius 2 is 0.984 bits per heavy atom. The van der Waals surface area contributed by atoms with Crippen molar-refractivity contribution in [1.29, 1.82) is 0 Å². The van der Waals surface area contributed by atoms with Crippen LogP contribution in [0.1, 0.15) is 22.3 Å². The van der Waals surface area contributed by atoms with Crippen molar-refractivity contribution in [3.8, 4) is 44.9 Å². The van der Waals surface area contributed by atoms with Gasteiger partial charge in [0, 0.05) is 44.2 Å². The first-order valence-electron chi connectivity index (χ1n) is 21.2. The second kappa shape index (κ2) is 13.4. The van der Waals surface area contributed by atoms with Crippen LogP contribution in [0.4, 0.5) is 17.1 Å². The van der Waals surface area contributed by atoms with E-state index >= 15 is 0 Å². The summed E-state index contributed by atoms with van der Waals surface area (Å²) in [6.45, 7) is 0.